The highest BCUT2D eigenvalue weighted by Gasteiger charge is 2.31. The lowest BCUT2D eigenvalue weighted by molar-refractivity contribution is 0.415. The molecule has 1 aliphatic rings. The number of ether oxygens (including phenoxy) is 1. The Morgan fingerprint density at radius 1 is 1.73 bits per heavy atom. The molecule has 1 aromatic rings. The molecule has 0 amide bonds. The van der Waals surface area contributed by atoms with Crippen molar-refractivity contribution in [1.82, 2.24) is 9.78 Å². The van der Waals surface area contributed by atoms with Gasteiger partial charge in [-0.1, -0.05) is 11.6 Å². The van der Waals surface area contributed by atoms with Crippen molar-refractivity contribution in [2.75, 3.05) is 6.61 Å². The van der Waals surface area contributed by atoms with Crippen LogP contribution in [0.5, 0.6) is 0 Å². The van der Waals surface area contributed by atoms with Crippen molar-refractivity contribution in [1.29, 1.82) is 0 Å². The number of rotatable bonds is 1. The van der Waals surface area contributed by atoms with E-state index in [0.717, 1.165) is 17.9 Å². The fraction of sp³-hybridized carbons (Fsp3) is 0.571. The van der Waals surface area contributed by atoms with Crippen molar-refractivity contribution < 1.29 is 4.74 Å². The molecule has 1 saturated heterocycles. The van der Waals surface area contributed by atoms with Crippen LogP contribution in [0.3, 0.4) is 0 Å². The van der Waals surface area contributed by atoms with Crippen LogP contribution in [0.1, 0.15) is 17.4 Å². The van der Waals surface area contributed by atoms with Crippen molar-refractivity contribution >= 4 is 11.6 Å². The Balaban J connectivity index is 2.50. The number of epoxide rings is 1. The third kappa shape index (κ3) is 1.04. The molecule has 11 heavy (non-hydrogen) atoms. The Hall–Kier alpha value is -0.540. The van der Waals surface area contributed by atoms with E-state index in [4.69, 9.17) is 16.3 Å². The minimum atomic E-state index is 0.205. The van der Waals surface area contributed by atoms with Gasteiger partial charge in [-0.15, -0.1) is 0 Å². The van der Waals surface area contributed by atoms with Gasteiger partial charge in [0, 0.05) is 12.6 Å². The van der Waals surface area contributed by atoms with E-state index in [2.05, 4.69) is 5.10 Å². The average molecular weight is 173 g/mol. The zero-order chi connectivity index (χ0) is 8.01. The largest absolute Gasteiger partial charge is 0.368 e. The summed E-state index contributed by atoms with van der Waals surface area (Å²) in [5, 5.41) is 4.88. The molecule has 1 fully saturated rings. The van der Waals surface area contributed by atoms with Crippen LogP contribution in [-0.4, -0.2) is 16.4 Å². The SMILES string of the molecule is Cc1nn(C)c(Cl)c1[C@H]1CO1. The van der Waals surface area contributed by atoms with Crippen LogP contribution in [0.15, 0.2) is 0 Å². The summed E-state index contributed by atoms with van der Waals surface area (Å²) in [7, 11) is 1.83. The molecule has 1 aliphatic heterocycles. The summed E-state index contributed by atoms with van der Waals surface area (Å²) in [5.74, 6) is 0. The van der Waals surface area contributed by atoms with E-state index < -0.39 is 0 Å². The number of aryl methyl sites for hydroxylation is 2. The average Bonchev–Trinajstić information content (AvgIpc) is 2.68. The summed E-state index contributed by atoms with van der Waals surface area (Å²) >= 11 is 5.97. The van der Waals surface area contributed by atoms with Crippen LogP contribution in [0, 0.1) is 6.92 Å². The molecule has 0 radical (unpaired) electrons. The quantitative estimate of drug-likeness (QED) is 0.601. The molecule has 0 aromatic carbocycles. The standard InChI is InChI=1S/C7H9ClN2O/c1-4-6(5-3-11-5)7(8)10(2)9-4/h5H,3H2,1-2H3/t5-/m1/s1. The molecule has 60 valence electrons. The summed E-state index contributed by atoms with van der Waals surface area (Å²) in [4.78, 5) is 0. The summed E-state index contributed by atoms with van der Waals surface area (Å²) < 4.78 is 6.81. The number of hydrogen-bond acceptors (Lipinski definition) is 2. The monoisotopic (exact) mass is 172 g/mol. The maximum absolute atomic E-state index is 5.97. The van der Waals surface area contributed by atoms with Gasteiger partial charge in [-0.25, -0.2) is 0 Å². The Morgan fingerprint density at radius 2 is 2.36 bits per heavy atom. The lowest BCUT2D eigenvalue weighted by Crippen LogP contribution is -1.89. The van der Waals surface area contributed by atoms with E-state index in [9.17, 15) is 0 Å². The van der Waals surface area contributed by atoms with Gasteiger partial charge >= 0.3 is 0 Å². The minimum Gasteiger partial charge on any atom is -0.368 e. The minimum absolute atomic E-state index is 0.205. The predicted molar refractivity (Wildman–Crippen MR) is 41.6 cm³/mol. The normalized spacial score (nSPS) is 22.3. The van der Waals surface area contributed by atoms with Crippen molar-refractivity contribution in [2.45, 2.75) is 13.0 Å². The summed E-state index contributed by atoms with van der Waals surface area (Å²) in [5.41, 5.74) is 2.02. The molecule has 0 bridgehead atoms. The maximum atomic E-state index is 5.97. The number of halogens is 1. The Morgan fingerprint density at radius 3 is 2.73 bits per heavy atom. The van der Waals surface area contributed by atoms with Crippen molar-refractivity contribution in [3.63, 3.8) is 0 Å². The van der Waals surface area contributed by atoms with Crippen molar-refractivity contribution in [2.24, 2.45) is 7.05 Å². The second-order valence-electron chi connectivity index (χ2n) is 2.74. The summed E-state index contributed by atoms with van der Waals surface area (Å²) in [6, 6.07) is 0. The molecule has 0 saturated carbocycles. The second kappa shape index (κ2) is 2.22. The van der Waals surface area contributed by atoms with Crippen LogP contribution in [-0.2, 0) is 11.8 Å². The fourth-order valence-electron chi connectivity index (χ4n) is 1.23. The van der Waals surface area contributed by atoms with Gasteiger partial charge in [0.2, 0.25) is 0 Å². The van der Waals surface area contributed by atoms with Gasteiger partial charge in [-0.05, 0) is 6.92 Å². The van der Waals surface area contributed by atoms with Crippen molar-refractivity contribution in [3.8, 4) is 0 Å². The lowest BCUT2D eigenvalue weighted by atomic mass is 10.2. The zero-order valence-corrected chi connectivity index (χ0v) is 7.22. The van der Waals surface area contributed by atoms with E-state index in [1.165, 1.54) is 0 Å². The molecule has 3 nitrogen and oxygen atoms in total. The van der Waals surface area contributed by atoms with E-state index in [0.29, 0.717) is 5.15 Å². The summed E-state index contributed by atoms with van der Waals surface area (Å²) in [6.07, 6.45) is 0.205. The Bertz CT molecular complexity index is 291. The van der Waals surface area contributed by atoms with E-state index in [-0.39, 0.29) is 6.10 Å². The molecule has 0 spiro atoms. The van der Waals surface area contributed by atoms with Crippen molar-refractivity contribution in [3.05, 3.63) is 16.4 Å². The molecule has 4 heteroatoms. The van der Waals surface area contributed by atoms with Crippen LogP contribution in [0.4, 0.5) is 0 Å². The highest BCUT2D eigenvalue weighted by Crippen LogP contribution is 2.36. The lowest BCUT2D eigenvalue weighted by Gasteiger charge is -1.92. The smallest absolute Gasteiger partial charge is 0.132 e. The van der Waals surface area contributed by atoms with Gasteiger partial charge < -0.3 is 4.74 Å². The topological polar surface area (TPSA) is 30.4 Å². The molecule has 1 aromatic heterocycles. The van der Waals surface area contributed by atoms with Crippen LogP contribution < -0.4 is 0 Å². The molecule has 1 atom stereocenters. The van der Waals surface area contributed by atoms with Crippen LogP contribution in [0.25, 0.3) is 0 Å². The molecular weight excluding hydrogens is 164 g/mol. The first-order valence-electron chi connectivity index (χ1n) is 3.50. The van der Waals surface area contributed by atoms with Crippen LogP contribution >= 0.6 is 11.6 Å². The fourth-order valence-corrected chi connectivity index (χ4v) is 1.52. The maximum Gasteiger partial charge on any atom is 0.132 e. The third-order valence-corrected chi connectivity index (χ3v) is 2.30. The Labute approximate surface area is 69.9 Å². The number of aromatic nitrogens is 2. The molecule has 0 unspecified atom stereocenters. The van der Waals surface area contributed by atoms with E-state index in [1.54, 1.807) is 4.68 Å². The van der Waals surface area contributed by atoms with Gasteiger partial charge in [-0.2, -0.15) is 5.10 Å². The molecule has 2 rings (SSSR count). The molecule has 0 aliphatic carbocycles. The first-order valence-corrected chi connectivity index (χ1v) is 3.88. The Kier molecular flexibility index (Phi) is 1.44. The summed E-state index contributed by atoms with van der Waals surface area (Å²) in [6.45, 7) is 2.73. The van der Waals surface area contributed by atoms with Gasteiger partial charge in [0.05, 0.1) is 12.3 Å². The van der Waals surface area contributed by atoms with Gasteiger partial charge in [0.25, 0.3) is 0 Å². The van der Waals surface area contributed by atoms with Crippen LogP contribution in [0.2, 0.25) is 5.15 Å². The van der Waals surface area contributed by atoms with E-state index >= 15 is 0 Å². The predicted octanol–water partition coefficient (Wildman–Crippen LogP) is 1.45. The van der Waals surface area contributed by atoms with Gasteiger partial charge in [0.15, 0.2) is 0 Å². The molecule has 0 N–H and O–H groups in total. The first-order chi connectivity index (χ1) is 5.20. The zero-order valence-electron chi connectivity index (χ0n) is 6.47. The highest BCUT2D eigenvalue weighted by molar-refractivity contribution is 6.30. The van der Waals surface area contributed by atoms with E-state index in [1.807, 2.05) is 14.0 Å². The van der Waals surface area contributed by atoms with Gasteiger partial charge in [0.1, 0.15) is 11.3 Å². The highest BCUT2D eigenvalue weighted by atomic mass is 35.5. The number of nitrogens with zero attached hydrogens (tertiary/aromatic N) is 2. The molecule has 2 heterocycles. The van der Waals surface area contributed by atoms with Gasteiger partial charge in [-0.3, -0.25) is 4.68 Å². The third-order valence-electron chi connectivity index (χ3n) is 1.85. The second-order valence-corrected chi connectivity index (χ2v) is 3.09. The molecular formula is C7H9ClN2O. The first kappa shape index (κ1) is 7.13. The number of hydrogen-bond donors (Lipinski definition) is 0.